The molecule has 1 aromatic heterocycles. The molecule has 0 unspecified atom stereocenters. The highest BCUT2D eigenvalue weighted by Crippen LogP contribution is 2.32. The van der Waals surface area contributed by atoms with Gasteiger partial charge in [0.25, 0.3) is 0 Å². The van der Waals surface area contributed by atoms with Crippen LogP contribution in [0.2, 0.25) is 0 Å². The molecule has 29 heavy (non-hydrogen) atoms. The lowest BCUT2D eigenvalue weighted by Crippen LogP contribution is -2.40. The van der Waals surface area contributed by atoms with Crippen LogP contribution < -0.4 is 4.90 Å². The van der Waals surface area contributed by atoms with Gasteiger partial charge in [0.2, 0.25) is 0 Å². The van der Waals surface area contributed by atoms with Crippen molar-refractivity contribution < 1.29 is 14.3 Å². The first kappa shape index (κ1) is 21.0. The predicted octanol–water partition coefficient (Wildman–Crippen LogP) is 3.30. The van der Waals surface area contributed by atoms with Crippen molar-refractivity contribution in [3.05, 3.63) is 30.0 Å². The Hall–Kier alpha value is -2.72. The lowest BCUT2D eigenvalue weighted by Gasteiger charge is -2.36. The number of nitrogens with zero attached hydrogens (tertiary/aromatic N) is 4. The van der Waals surface area contributed by atoms with E-state index in [1.807, 2.05) is 24.3 Å². The molecule has 0 spiro atoms. The number of aromatic nitrogens is 2. The number of carbonyl (C=O) groups excluding carboxylic acids is 1. The molecule has 0 aliphatic carbocycles. The molecule has 1 aromatic carbocycles. The molecule has 0 N–H and O–H groups in total. The van der Waals surface area contributed by atoms with Crippen molar-refractivity contribution in [2.45, 2.75) is 39.2 Å². The zero-order chi connectivity index (χ0) is 21.0. The third-order valence-corrected chi connectivity index (χ3v) is 5.10. The van der Waals surface area contributed by atoms with E-state index in [9.17, 15) is 10.1 Å². The summed E-state index contributed by atoms with van der Waals surface area (Å²) >= 11 is 0. The molecule has 154 valence electrons. The van der Waals surface area contributed by atoms with Crippen LogP contribution in [0, 0.1) is 23.2 Å². The van der Waals surface area contributed by atoms with Crippen molar-refractivity contribution >= 4 is 22.8 Å². The zero-order valence-electron chi connectivity index (χ0n) is 17.5. The second-order valence-corrected chi connectivity index (χ2v) is 8.04. The van der Waals surface area contributed by atoms with Crippen LogP contribution in [0.1, 0.15) is 38.8 Å². The number of hydrogen-bond acceptors (Lipinski definition) is 7. The maximum Gasteiger partial charge on any atom is 0.330 e. The summed E-state index contributed by atoms with van der Waals surface area (Å²) in [5, 5.41) is 9.82. The average Bonchev–Trinajstić information content (AvgIpc) is 2.67. The van der Waals surface area contributed by atoms with Gasteiger partial charge in [0.15, 0.2) is 11.7 Å². The Balaban J connectivity index is 2.04. The first-order chi connectivity index (χ1) is 13.9. The zero-order valence-corrected chi connectivity index (χ0v) is 17.5. The summed E-state index contributed by atoms with van der Waals surface area (Å²) in [6.07, 6.45) is 0.695. The van der Waals surface area contributed by atoms with Gasteiger partial charge < -0.3 is 14.4 Å². The van der Waals surface area contributed by atoms with Gasteiger partial charge in [0, 0.05) is 20.2 Å². The van der Waals surface area contributed by atoms with Crippen LogP contribution >= 0.6 is 0 Å². The van der Waals surface area contributed by atoms with Crippen molar-refractivity contribution in [1.82, 2.24) is 9.97 Å². The molecule has 1 fully saturated rings. The van der Waals surface area contributed by atoms with E-state index in [0.717, 1.165) is 25.0 Å². The summed E-state index contributed by atoms with van der Waals surface area (Å²) in [5.41, 5.74) is 1.76. The highest BCUT2D eigenvalue weighted by Gasteiger charge is 2.33. The second-order valence-electron chi connectivity index (χ2n) is 8.04. The fourth-order valence-corrected chi connectivity index (χ4v) is 4.03. The first-order valence-electron chi connectivity index (χ1n) is 10.0. The van der Waals surface area contributed by atoms with Gasteiger partial charge in [-0.15, -0.1) is 0 Å². The van der Waals surface area contributed by atoms with Crippen LogP contribution in [0.5, 0.6) is 0 Å². The minimum atomic E-state index is -1.14. The summed E-state index contributed by atoms with van der Waals surface area (Å²) in [4.78, 5) is 24.4. The fraction of sp³-hybridized carbons (Fsp3) is 0.545. The van der Waals surface area contributed by atoms with Gasteiger partial charge in [-0.25, -0.2) is 9.97 Å². The molecule has 0 bridgehead atoms. The smallest absolute Gasteiger partial charge is 0.330 e. The number of esters is 1. The number of para-hydroxylation sites is 2. The van der Waals surface area contributed by atoms with Gasteiger partial charge in [-0.05, 0) is 37.3 Å². The predicted molar refractivity (Wildman–Crippen MR) is 110 cm³/mol. The molecular formula is C22H28N4O3. The average molecular weight is 396 g/mol. The van der Waals surface area contributed by atoms with Crippen LogP contribution in [0.4, 0.5) is 5.82 Å². The third-order valence-electron chi connectivity index (χ3n) is 5.10. The van der Waals surface area contributed by atoms with Crippen molar-refractivity contribution in [1.29, 1.82) is 5.26 Å². The Morgan fingerprint density at radius 2 is 1.86 bits per heavy atom. The fourth-order valence-electron chi connectivity index (χ4n) is 4.03. The van der Waals surface area contributed by atoms with E-state index in [2.05, 4.69) is 29.8 Å². The molecule has 7 heteroatoms. The molecule has 2 aromatic rings. The number of methoxy groups -OCH3 is 1. The number of anilines is 1. The SMILES string of the molecule is COC[C@@H](C)OC(=O)[C@H](C#N)c1nc2ccccc2nc1N1C[C@@H](C)C[C@H](C)C1. The molecule has 7 nitrogen and oxygen atoms in total. The number of fused-ring (bicyclic) bond motifs is 1. The van der Waals surface area contributed by atoms with Gasteiger partial charge in [-0.3, -0.25) is 4.79 Å². The van der Waals surface area contributed by atoms with E-state index in [1.54, 1.807) is 6.92 Å². The number of piperidine rings is 1. The first-order valence-corrected chi connectivity index (χ1v) is 10.0. The van der Waals surface area contributed by atoms with Crippen LogP contribution in [-0.2, 0) is 14.3 Å². The molecule has 3 rings (SSSR count). The van der Waals surface area contributed by atoms with E-state index in [1.165, 1.54) is 7.11 Å². The number of ether oxygens (including phenoxy) is 2. The largest absolute Gasteiger partial charge is 0.459 e. The van der Waals surface area contributed by atoms with Crippen LogP contribution in [-0.4, -0.2) is 48.8 Å². The normalized spacial score (nSPS) is 21.4. The summed E-state index contributed by atoms with van der Waals surface area (Å²) in [6, 6.07) is 9.60. The molecular weight excluding hydrogens is 368 g/mol. The Morgan fingerprint density at radius 1 is 1.24 bits per heavy atom. The Bertz CT molecular complexity index is 901. The maximum atomic E-state index is 12.8. The van der Waals surface area contributed by atoms with E-state index >= 15 is 0 Å². The molecule has 1 saturated heterocycles. The molecule has 0 radical (unpaired) electrons. The molecule has 1 aliphatic rings. The molecule has 4 atom stereocenters. The standard InChI is InChI=1S/C22H28N4O3/c1-14-9-15(2)12-26(11-14)21-20(24-18-7-5-6-8-19(18)25-21)17(10-23)22(27)29-16(3)13-28-4/h5-8,14-17H,9,11-13H2,1-4H3/t14-,15-,16+,17+/m0/s1. The summed E-state index contributed by atoms with van der Waals surface area (Å²) < 4.78 is 10.4. The molecule has 0 saturated carbocycles. The van der Waals surface area contributed by atoms with Crippen LogP contribution in [0.15, 0.2) is 24.3 Å². The molecule has 0 amide bonds. The van der Waals surface area contributed by atoms with Gasteiger partial charge in [-0.2, -0.15) is 5.26 Å². The van der Waals surface area contributed by atoms with E-state index in [0.29, 0.717) is 28.9 Å². The minimum absolute atomic E-state index is 0.265. The van der Waals surface area contributed by atoms with Crippen LogP contribution in [0.25, 0.3) is 11.0 Å². The van der Waals surface area contributed by atoms with Gasteiger partial charge >= 0.3 is 5.97 Å². The summed E-state index contributed by atoms with van der Waals surface area (Å²) in [7, 11) is 1.54. The number of hydrogen-bond donors (Lipinski definition) is 0. The Kier molecular flexibility index (Phi) is 6.65. The van der Waals surface area contributed by atoms with Crippen molar-refractivity contribution in [3.63, 3.8) is 0 Å². The highest BCUT2D eigenvalue weighted by molar-refractivity contribution is 5.85. The molecule has 2 heterocycles. The van der Waals surface area contributed by atoms with Crippen molar-refractivity contribution in [3.8, 4) is 6.07 Å². The maximum absolute atomic E-state index is 12.8. The van der Waals surface area contributed by atoms with Crippen molar-refractivity contribution in [2.75, 3.05) is 31.7 Å². The quantitative estimate of drug-likeness (QED) is 0.692. The summed E-state index contributed by atoms with van der Waals surface area (Å²) in [6.45, 7) is 8.05. The Labute approximate surface area is 171 Å². The monoisotopic (exact) mass is 396 g/mol. The third kappa shape index (κ3) is 4.83. The van der Waals surface area contributed by atoms with E-state index in [-0.39, 0.29) is 6.61 Å². The number of rotatable bonds is 6. The van der Waals surface area contributed by atoms with Crippen molar-refractivity contribution in [2.24, 2.45) is 11.8 Å². The van der Waals surface area contributed by atoms with Crippen LogP contribution in [0.3, 0.4) is 0 Å². The van der Waals surface area contributed by atoms with E-state index in [4.69, 9.17) is 14.5 Å². The lowest BCUT2D eigenvalue weighted by molar-refractivity contribution is -0.150. The lowest BCUT2D eigenvalue weighted by atomic mass is 9.91. The van der Waals surface area contributed by atoms with E-state index < -0.39 is 18.0 Å². The number of nitriles is 1. The minimum Gasteiger partial charge on any atom is -0.459 e. The highest BCUT2D eigenvalue weighted by atomic mass is 16.6. The summed E-state index contributed by atoms with van der Waals surface area (Å²) in [5.74, 6) is -0.178. The van der Waals surface area contributed by atoms with Gasteiger partial charge in [0.1, 0.15) is 11.8 Å². The van der Waals surface area contributed by atoms with Gasteiger partial charge in [-0.1, -0.05) is 26.0 Å². The molecule has 1 aliphatic heterocycles. The second kappa shape index (κ2) is 9.19. The topological polar surface area (TPSA) is 88.3 Å². The number of benzene rings is 1. The Morgan fingerprint density at radius 3 is 2.45 bits per heavy atom. The number of carbonyl (C=O) groups is 1. The van der Waals surface area contributed by atoms with Gasteiger partial charge in [0.05, 0.1) is 23.7 Å².